The number of urea groups is 1. The maximum absolute atomic E-state index is 11.6. The summed E-state index contributed by atoms with van der Waals surface area (Å²) in [6, 6.07) is 10.7. The molecule has 21 heavy (non-hydrogen) atoms. The first kappa shape index (κ1) is 14.9. The normalized spacial score (nSPS) is 10.9. The van der Waals surface area contributed by atoms with Crippen molar-refractivity contribution in [2.24, 2.45) is 5.14 Å². The number of nitrogens with zero attached hydrogens (tertiary/aromatic N) is 1. The topological polar surface area (TPSA) is 114 Å². The van der Waals surface area contributed by atoms with Crippen LogP contribution in [0.2, 0.25) is 0 Å². The fourth-order valence-electron chi connectivity index (χ4n) is 1.58. The second kappa shape index (κ2) is 6.33. The molecule has 0 saturated heterocycles. The van der Waals surface area contributed by atoms with E-state index < -0.39 is 16.1 Å². The summed E-state index contributed by atoms with van der Waals surface area (Å²) in [5, 5.41) is 10.2. The molecule has 0 aliphatic carbocycles. The number of sulfonamides is 1. The largest absolute Gasteiger partial charge is 0.334 e. The Bertz CT molecular complexity index is 715. The summed E-state index contributed by atoms with van der Waals surface area (Å²) < 4.78 is 22.2. The lowest BCUT2D eigenvalue weighted by atomic mass is 10.2. The predicted octanol–water partition coefficient (Wildman–Crippen LogP) is 1.05. The van der Waals surface area contributed by atoms with E-state index in [1.165, 1.54) is 12.1 Å². The molecule has 0 unspecified atom stereocenters. The van der Waals surface area contributed by atoms with Crippen LogP contribution in [-0.4, -0.2) is 19.4 Å². The van der Waals surface area contributed by atoms with Crippen LogP contribution in [0.25, 0.3) is 0 Å². The smallest absolute Gasteiger partial charge is 0.320 e. The van der Waals surface area contributed by atoms with Crippen LogP contribution in [0.1, 0.15) is 5.56 Å². The summed E-state index contributed by atoms with van der Waals surface area (Å²) in [4.78, 5) is 15.6. The molecule has 8 heteroatoms. The number of rotatable bonds is 4. The molecule has 0 aliphatic heterocycles. The quantitative estimate of drug-likeness (QED) is 0.783. The van der Waals surface area contributed by atoms with E-state index in [4.69, 9.17) is 5.14 Å². The van der Waals surface area contributed by atoms with Gasteiger partial charge in [-0.3, -0.25) is 5.32 Å². The summed E-state index contributed by atoms with van der Waals surface area (Å²) in [6.45, 7) is 0.254. The Morgan fingerprint density at radius 3 is 2.43 bits per heavy atom. The predicted molar refractivity (Wildman–Crippen MR) is 77.9 cm³/mol. The molecule has 0 spiro atoms. The van der Waals surface area contributed by atoms with Gasteiger partial charge in [-0.05, 0) is 29.8 Å². The lowest BCUT2D eigenvalue weighted by molar-refractivity contribution is 0.251. The Morgan fingerprint density at radius 1 is 1.14 bits per heavy atom. The number of benzene rings is 1. The highest BCUT2D eigenvalue weighted by Gasteiger charge is 2.07. The van der Waals surface area contributed by atoms with Crippen molar-refractivity contribution in [3.8, 4) is 0 Å². The van der Waals surface area contributed by atoms with Gasteiger partial charge in [0, 0.05) is 12.7 Å². The van der Waals surface area contributed by atoms with Crippen LogP contribution < -0.4 is 15.8 Å². The maximum atomic E-state index is 11.6. The van der Waals surface area contributed by atoms with E-state index in [1.54, 1.807) is 36.5 Å². The van der Waals surface area contributed by atoms with Gasteiger partial charge in [-0.2, -0.15) is 0 Å². The molecule has 2 amide bonds. The molecule has 0 atom stereocenters. The van der Waals surface area contributed by atoms with Crippen LogP contribution in [0.4, 0.5) is 10.6 Å². The fraction of sp³-hybridized carbons (Fsp3) is 0.0769. The number of hydrogen-bond donors (Lipinski definition) is 3. The van der Waals surface area contributed by atoms with Gasteiger partial charge in [-0.1, -0.05) is 18.2 Å². The first-order valence-corrected chi connectivity index (χ1v) is 7.57. The van der Waals surface area contributed by atoms with Gasteiger partial charge in [0.25, 0.3) is 0 Å². The molecule has 110 valence electrons. The lowest BCUT2D eigenvalue weighted by Gasteiger charge is -2.07. The maximum Gasteiger partial charge on any atom is 0.320 e. The van der Waals surface area contributed by atoms with Crippen molar-refractivity contribution in [3.05, 3.63) is 54.2 Å². The fourth-order valence-corrected chi connectivity index (χ4v) is 2.09. The third-order valence-corrected chi connectivity index (χ3v) is 3.54. The first-order valence-electron chi connectivity index (χ1n) is 6.03. The number of carbonyl (C=O) groups excluding carboxylic acids is 1. The highest BCUT2D eigenvalue weighted by atomic mass is 32.2. The van der Waals surface area contributed by atoms with E-state index in [1.807, 2.05) is 0 Å². The molecule has 0 saturated carbocycles. The number of anilines is 1. The Labute approximate surface area is 122 Å². The summed E-state index contributed by atoms with van der Waals surface area (Å²) in [6.07, 6.45) is 1.57. The molecule has 1 aromatic carbocycles. The number of nitrogens with one attached hydrogen (secondary N) is 2. The number of pyridine rings is 1. The highest BCUT2D eigenvalue weighted by Crippen LogP contribution is 2.08. The zero-order valence-electron chi connectivity index (χ0n) is 11.0. The van der Waals surface area contributed by atoms with Gasteiger partial charge in [0.05, 0.1) is 4.90 Å². The molecule has 0 bridgehead atoms. The summed E-state index contributed by atoms with van der Waals surface area (Å²) >= 11 is 0. The zero-order valence-corrected chi connectivity index (χ0v) is 11.8. The Kier molecular flexibility index (Phi) is 4.51. The number of primary sulfonamides is 1. The molecule has 2 aromatic rings. The van der Waals surface area contributed by atoms with Crippen molar-refractivity contribution in [3.63, 3.8) is 0 Å². The van der Waals surface area contributed by atoms with Crippen molar-refractivity contribution in [1.82, 2.24) is 10.3 Å². The van der Waals surface area contributed by atoms with Crippen LogP contribution in [0.3, 0.4) is 0 Å². The van der Waals surface area contributed by atoms with E-state index >= 15 is 0 Å². The molecule has 0 aliphatic rings. The van der Waals surface area contributed by atoms with E-state index in [9.17, 15) is 13.2 Å². The minimum absolute atomic E-state index is 0.0317. The van der Waals surface area contributed by atoms with Crippen molar-refractivity contribution in [2.75, 3.05) is 5.32 Å². The number of carbonyl (C=O) groups is 1. The number of amides is 2. The molecule has 0 fully saturated rings. The van der Waals surface area contributed by atoms with Crippen LogP contribution in [0, 0.1) is 0 Å². The van der Waals surface area contributed by atoms with E-state index in [-0.39, 0.29) is 11.4 Å². The van der Waals surface area contributed by atoms with Gasteiger partial charge in [-0.25, -0.2) is 23.3 Å². The Hall–Kier alpha value is -2.45. The number of hydrogen-bond acceptors (Lipinski definition) is 4. The highest BCUT2D eigenvalue weighted by molar-refractivity contribution is 7.89. The van der Waals surface area contributed by atoms with Crippen LogP contribution in [0.5, 0.6) is 0 Å². The SMILES string of the molecule is NS(=O)(=O)c1ccc(CNC(=O)Nc2ccccn2)cc1. The van der Waals surface area contributed by atoms with E-state index in [0.717, 1.165) is 5.56 Å². The molecule has 4 N–H and O–H groups in total. The second-order valence-electron chi connectivity index (χ2n) is 4.21. The van der Waals surface area contributed by atoms with Crippen molar-refractivity contribution in [2.45, 2.75) is 11.4 Å². The molecule has 0 radical (unpaired) electrons. The third-order valence-electron chi connectivity index (χ3n) is 2.61. The summed E-state index contributed by atoms with van der Waals surface area (Å²) in [7, 11) is -3.70. The van der Waals surface area contributed by atoms with Crippen LogP contribution in [0.15, 0.2) is 53.6 Å². The minimum atomic E-state index is -3.70. The van der Waals surface area contributed by atoms with Gasteiger partial charge in [-0.15, -0.1) is 0 Å². The zero-order chi connectivity index (χ0) is 15.3. The molecule has 2 rings (SSSR count). The molecule has 1 aromatic heterocycles. The molecular weight excluding hydrogens is 292 g/mol. The average molecular weight is 306 g/mol. The first-order chi connectivity index (χ1) is 9.95. The van der Waals surface area contributed by atoms with Crippen molar-refractivity contribution in [1.29, 1.82) is 0 Å². The standard InChI is InChI=1S/C13H14N4O3S/c14-21(19,20)11-6-4-10(5-7-11)9-16-13(18)17-12-3-1-2-8-15-12/h1-8H,9H2,(H2,14,19,20)(H2,15,16,17,18). The number of nitrogens with two attached hydrogens (primary N) is 1. The van der Waals surface area contributed by atoms with Gasteiger partial charge in [0.2, 0.25) is 10.0 Å². The Balaban J connectivity index is 1.90. The van der Waals surface area contributed by atoms with Crippen LogP contribution in [-0.2, 0) is 16.6 Å². The van der Waals surface area contributed by atoms with Gasteiger partial charge in [0.15, 0.2) is 0 Å². The monoisotopic (exact) mass is 306 g/mol. The summed E-state index contributed by atoms with van der Waals surface area (Å²) in [5.41, 5.74) is 0.749. The van der Waals surface area contributed by atoms with Crippen LogP contribution >= 0.6 is 0 Å². The number of aromatic nitrogens is 1. The Morgan fingerprint density at radius 2 is 1.86 bits per heavy atom. The molecular formula is C13H14N4O3S. The lowest BCUT2D eigenvalue weighted by Crippen LogP contribution is -2.28. The van der Waals surface area contributed by atoms with E-state index in [2.05, 4.69) is 15.6 Å². The molecule has 1 heterocycles. The van der Waals surface area contributed by atoms with Crippen molar-refractivity contribution >= 4 is 21.9 Å². The van der Waals surface area contributed by atoms with Crippen molar-refractivity contribution < 1.29 is 13.2 Å². The third kappa shape index (κ3) is 4.55. The average Bonchev–Trinajstić information content (AvgIpc) is 2.46. The van der Waals surface area contributed by atoms with Gasteiger partial charge < -0.3 is 5.32 Å². The van der Waals surface area contributed by atoms with Gasteiger partial charge in [0.1, 0.15) is 5.82 Å². The van der Waals surface area contributed by atoms with Gasteiger partial charge >= 0.3 is 6.03 Å². The van der Waals surface area contributed by atoms with E-state index in [0.29, 0.717) is 5.82 Å². The molecule has 7 nitrogen and oxygen atoms in total. The minimum Gasteiger partial charge on any atom is -0.334 e. The second-order valence-corrected chi connectivity index (χ2v) is 5.77. The summed E-state index contributed by atoms with van der Waals surface area (Å²) in [5.74, 6) is 0.444.